The van der Waals surface area contributed by atoms with Crippen molar-refractivity contribution < 1.29 is 9.32 Å². The fourth-order valence-electron chi connectivity index (χ4n) is 1.34. The summed E-state index contributed by atoms with van der Waals surface area (Å²) in [6.07, 6.45) is 1.86. The number of rotatable bonds is 5. The summed E-state index contributed by atoms with van der Waals surface area (Å²) in [4.78, 5) is 12.4. The van der Waals surface area contributed by atoms with E-state index in [1.165, 1.54) is 0 Å². The average Bonchev–Trinajstić information content (AvgIpc) is 2.95. The van der Waals surface area contributed by atoms with Gasteiger partial charge in [0.15, 0.2) is 5.76 Å². The third-order valence-corrected chi connectivity index (χ3v) is 2.99. The van der Waals surface area contributed by atoms with Crippen LogP contribution in [0.4, 0.5) is 0 Å². The first-order valence-electron chi connectivity index (χ1n) is 5.16. The van der Waals surface area contributed by atoms with Crippen LogP contribution in [-0.2, 0) is 11.2 Å². The van der Waals surface area contributed by atoms with E-state index in [0.717, 1.165) is 4.88 Å². The Labute approximate surface area is 103 Å². The van der Waals surface area contributed by atoms with Crippen LogP contribution in [0.15, 0.2) is 40.8 Å². The lowest BCUT2D eigenvalue weighted by atomic mass is 10.2. The van der Waals surface area contributed by atoms with Crippen LogP contribution in [0.1, 0.15) is 5.69 Å². The van der Waals surface area contributed by atoms with Crippen LogP contribution in [0.25, 0.3) is 10.6 Å². The molecule has 2 heterocycles. The zero-order valence-electron chi connectivity index (χ0n) is 9.18. The van der Waals surface area contributed by atoms with E-state index >= 15 is 0 Å². The van der Waals surface area contributed by atoms with Crippen molar-refractivity contribution in [3.05, 3.63) is 41.9 Å². The third kappa shape index (κ3) is 3.04. The van der Waals surface area contributed by atoms with Crippen molar-refractivity contribution in [3.63, 3.8) is 0 Å². The fourth-order valence-corrected chi connectivity index (χ4v) is 2.02. The van der Waals surface area contributed by atoms with E-state index in [1.807, 2.05) is 17.5 Å². The molecule has 0 saturated heterocycles. The van der Waals surface area contributed by atoms with Crippen molar-refractivity contribution in [3.8, 4) is 10.6 Å². The summed E-state index contributed by atoms with van der Waals surface area (Å²) in [5.41, 5.74) is 0.634. The monoisotopic (exact) mass is 248 g/mol. The Balaban J connectivity index is 1.99. The van der Waals surface area contributed by atoms with E-state index in [4.69, 9.17) is 4.52 Å². The molecule has 88 valence electrons. The highest BCUT2D eigenvalue weighted by molar-refractivity contribution is 7.13. The van der Waals surface area contributed by atoms with E-state index in [-0.39, 0.29) is 12.3 Å². The number of nitrogens with zero attached hydrogens (tertiary/aromatic N) is 1. The SMILES string of the molecule is C=CCNC(=O)Cc1cc(-c2cccs2)on1. The molecular formula is C12H12N2O2S. The molecule has 4 nitrogen and oxygen atoms in total. The Bertz CT molecular complexity index is 502. The molecule has 0 spiro atoms. The van der Waals surface area contributed by atoms with Crippen LogP contribution in [0.2, 0.25) is 0 Å². The zero-order valence-corrected chi connectivity index (χ0v) is 10.00. The first-order valence-corrected chi connectivity index (χ1v) is 6.04. The average molecular weight is 248 g/mol. The van der Waals surface area contributed by atoms with Crippen molar-refractivity contribution in [2.45, 2.75) is 6.42 Å². The minimum Gasteiger partial charge on any atom is -0.355 e. The summed E-state index contributed by atoms with van der Waals surface area (Å²) in [6.45, 7) is 4.00. The van der Waals surface area contributed by atoms with Crippen molar-refractivity contribution >= 4 is 17.2 Å². The summed E-state index contributed by atoms with van der Waals surface area (Å²) >= 11 is 1.57. The molecule has 2 rings (SSSR count). The van der Waals surface area contributed by atoms with Crippen LogP contribution < -0.4 is 5.32 Å². The summed E-state index contributed by atoms with van der Waals surface area (Å²) < 4.78 is 5.17. The maximum Gasteiger partial charge on any atom is 0.226 e. The van der Waals surface area contributed by atoms with E-state index < -0.39 is 0 Å². The van der Waals surface area contributed by atoms with Crippen LogP contribution in [0.3, 0.4) is 0 Å². The van der Waals surface area contributed by atoms with Gasteiger partial charge < -0.3 is 9.84 Å². The lowest BCUT2D eigenvalue weighted by molar-refractivity contribution is -0.120. The fraction of sp³-hybridized carbons (Fsp3) is 0.167. The molecule has 0 aliphatic rings. The molecule has 2 aromatic rings. The first kappa shape index (κ1) is 11.6. The molecule has 1 amide bonds. The minimum absolute atomic E-state index is 0.0871. The molecule has 0 aliphatic carbocycles. The van der Waals surface area contributed by atoms with Crippen LogP contribution in [-0.4, -0.2) is 17.6 Å². The lowest BCUT2D eigenvalue weighted by Crippen LogP contribution is -2.24. The van der Waals surface area contributed by atoms with Gasteiger partial charge in [0.05, 0.1) is 17.0 Å². The van der Waals surface area contributed by atoms with Gasteiger partial charge in [-0.3, -0.25) is 4.79 Å². The number of amides is 1. The van der Waals surface area contributed by atoms with Gasteiger partial charge in [0.25, 0.3) is 0 Å². The molecule has 2 aromatic heterocycles. The maximum absolute atomic E-state index is 11.4. The van der Waals surface area contributed by atoms with Gasteiger partial charge in [0, 0.05) is 12.6 Å². The van der Waals surface area contributed by atoms with Gasteiger partial charge in [-0.1, -0.05) is 17.3 Å². The number of carbonyl (C=O) groups excluding carboxylic acids is 1. The molecule has 0 saturated carbocycles. The summed E-state index contributed by atoms with van der Waals surface area (Å²) in [5.74, 6) is 0.613. The van der Waals surface area contributed by atoms with Gasteiger partial charge in [0.1, 0.15) is 0 Å². The van der Waals surface area contributed by atoms with Crippen LogP contribution in [0, 0.1) is 0 Å². The van der Waals surface area contributed by atoms with Gasteiger partial charge in [-0.05, 0) is 11.4 Å². The molecule has 0 unspecified atom stereocenters. The van der Waals surface area contributed by atoms with E-state index in [2.05, 4.69) is 17.1 Å². The largest absolute Gasteiger partial charge is 0.355 e. The number of hydrogen-bond acceptors (Lipinski definition) is 4. The number of hydrogen-bond donors (Lipinski definition) is 1. The molecular weight excluding hydrogens is 236 g/mol. The maximum atomic E-state index is 11.4. The highest BCUT2D eigenvalue weighted by Gasteiger charge is 2.10. The topological polar surface area (TPSA) is 55.1 Å². The Hall–Kier alpha value is -1.88. The Morgan fingerprint density at radius 3 is 3.24 bits per heavy atom. The summed E-state index contributed by atoms with van der Waals surface area (Å²) in [6, 6.07) is 5.69. The van der Waals surface area contributed by atoms with Crippen LogP contribution >= 0.6 is 11.3 Å². The van der Waals surface area contributed by atoms with Gasteiger partial charge in [-0.25, -0.2) is 0 Å². The smallest absolute Gasteiger partial charge is 0.226 e. The molecule has 0 atom stereocenters. The van der Waals surface area contributed by atoms with Crippen LogP contribution in [0.5, 0.6) is 0 Å². The lowest BCUT2D eigenvalue weighted by Gasteiger charge is -1.97. The van der Waals surface area contributed by atoms with Crippen molar-refractivity contribution in [1.82, 2.24) is 10.5 Å². The molecule has 0 radical (unpaired) electrons. The molecule has 0 aliphatic heterocycles. The Morgan fingerprint density at radius 1 is 1.65 bits per heavy atom. The first-order chi connectivity index (χ1) is 8.29. The normalized spacial score (nSPS) is 10.1. The van der Waals surface area contributed by atoms with Gasteiger partial charge in [-0.2, -0.15) is 0 Å². The molecule has 17 heavy (non-hydrogen) atoms. The van der Waals surface area contributed by atoms with E-state index in [1.54, 1.807) is 23.5 Å². The molecule has 0 aromatic carbocycles. The number of aromatic nitrogens is 1. The van der Waals surface area contributed by atoms with Gasteiger partial charge >= 0.3 is 0 Å². The second kappa shape index (κ2) is 5.45. The number of carbonyl (C=O) groups is 1. The molecule has 0 fully saturated rings. The molecule has 5 heteroatoms. The third-order valence-electron chi connectivity index (χ3n) is 2.11. The quantitative estimate of drug-likeness (QED) is 0.826. The second-order valence-electron chi connectivity index (χ2n) is 3.43. The predicted octanol–water partition coefficient (Wildman–Crippen LogP) is 2.25. The van der Waals surface area contributed by atoms with Crippen molar-refractivity contribution in [2.24, 2.45) is 0 Å². The second-order valence-corrected chi connectivity index (χ2v) is 4.38. The van der Waals surface area contributed by atoms with Gasteiger partial charge in [0.2, 0.25) is 5.91 Å². The number of thiophene rings is 1. The minimum atomic E-state index is -0.0871. The zero-order chi connectivity index (χ0) is 12.1. The van der Waals surface area contributed by atoms with E-state index in [0.29, 0.717) is 18.0 Å². The Morgan fingerprint density at radius 2 is 2.53 bits per heavy atom. The standard InChI is InChI=1S/C12H12N2O2S/c1-2-5-13-12(15)8-9-7-10(16-14-9)11-4-3-6-17-11/h2-4,6-7H,1,5,8H2,(H,13,15). The van der Waals surface area contributed by atoms with Gasteiger partial charge in [-0.15, -0.1) is 17.9 Å². The highest BCUT2D eigenvalue weighted by Crippen LogP contribution is 2.25. The summed E-state index contributed by atoms with van der Waals surface area (Å²) in [5, 5.41) is 8.52. The molecule has 0 bridgehead atoms. The number of nitrogens with one attached hydrogen (secondary N) is 1. The Kier molecular flexibility index (Phi) is 3.72. The highest BCUT2D eigenvalue weighted by atomic mass is 32.1. The molecule has 1 N–H and O–H groups in total. The van der Waals surface area contributed by atoms with Crippen molar-refractivity contribution in [1.29, 1.82) is 0 Å². The predicted molar refractivity (Wildman–Crippen MR) is 66.7 cm³/mol. The van der Waals surface area contributed by atoms with Crippen molar-refractivity contribution in [2.75, 3.05) is 6.54 Å². The van der Waals surface area contributed by atoms with E-state index in [9.17, 15) is 4.79 Å². The summed E-state index contributed by atoms with van der Waals surface area (Å²) in [7, 11) is 0.